The number of anilines is 1. The van der Waals surface area contributed by atoms with Crippen LogP contribution in [0.25, 0.3) is 0 Å². The summed E-state index contributed by atoms with van der Waals surface area (Å²) in [5.74, 6) is 0.0517. The van der Waals surface area contributed by atoms with E-state index in [1.54, 1.807) is 0 Å². The molecule has 1 heterocycles. The van der Waals surface area contributed by atoms with E-state index in [1.165, 1.54) is 5.56 Å². The fourth-order valence-electron chi connectivity index (χ4n) is 2.34. The smallest absolute Gasteiger partial charge is 0.258 e. The molecule has 90 valence electrons. The highest BCUT2D eigenvalue weighted by Gasteiger charge is 2.24. The van der Waals surface area contributed by atoms with Gasteiger partial charge in [-0.05, 0) is 36.2 Å². The van der Waals surface area contributed by atoms with Gasteiger partial charge in [-0.2, -0.15) is 0 Å². The van der Waals surface area contributed by atoms with E-state index in [0.29, 0.717) is 5.56 Å². The van der Waals surface area contributed by atoms with Crippen molar-refractivity contribution in [1.29, 1.82) is 0 Å². The molecule has 3 rings (SSSR count). The molecule has 0 aliphatic carbocycles. The Morgan fingerprint density at radius 2 is 1.94 bits per heavy atom. The van der Waals surface area contributed by atoms with Crippen molar-refractivity contribution >= 4 is 24.2 Å². The van der Waals surface area contributed by atoms with Crippen LogP contribution < -0.4 is 4.90 Å². The lowest BCUT2D eigenvalue weighted by molar-refractivity contribution is 0.0989. The Labute approximate surface area is 112 Å². The average molecular weight is 255 g/mol. The SMILES string of the molecule is O=C(c1cccc(S)c1)N1CCc2ccccc21. The quantitative estimate of drug-likeness (QED) is 0.776. The Kier molecular flexibility index (Phi) is 2.84. The van der Waals surface area contributed by atoms with Crippen LogP contribution in [0.15, 0.2) is 53.4 Å². The number of hydrogen-bond donors (Lipinski definition) is 1. The number of fused-ring (bicyclic) bond motifs is 1. The number of para-hydroxylation sites is 1. The molecule has 18 heavy (non-hydrogen) atoms. The number of thiol groups is 1. The van der Waals surface area contributed by atoms with Crippen LogP contribution in [0.5, 0.6) is 0 Å². The van der Waals surface area contributed by atoms with Gasteiger partial charge in [-0.25, -0.2) is 0 Å². The second-order valence-electron chi connectivity index (χ2n) is 4.39. The standard InChI is InChI=1S/C15H13NOS/c17-15(12-5-3-6-13(18)10-12)16-9-8-11-4-1-2-7-14(11)16/h1-7,10,18H,8-9H2. The van der Waals surface area contributed by atoms with Gasteiger partial charge in [0.25, 0.3) is 5.91 Å². The second-order valence-corrected chi connectivity index (χ2v) is 4.90. The molecule has 0 bridgehead atoms. The van der Waals surface area contributed by atoms with Crippen molar-refractivity contribution in [2.45, 2.75) is 11.3 Å². The summed E-state index contributed by atoms with van der Waals surface area (Å²) in [4.78, 5) is 15.1. The minimum absolute atomic E-state index is 0.0517. The number of carbonyl (C=O) groups excluding carboxylic acids is 1. The molecule has 0 N–H and O–H groups in total. The lowest BCUT2D eigenvalue weighted by atomic mass is 10.1. The van der Waals surface area contributed by atoms with Crippen molar-refractivity contribution in [3.05, 3.63) is 59.7 Å². The number of benzene rings is 2. The largest absolute Gasteiger partial charge is 0.308 e. The lowest BCUT2D eigenvalue weighted by Crippen LogP contribution is -2.28. The van der Waals surface area contributed by atoms with Crippen molar-refractivity contribution in [3.8, 4) is 0 Å². The molecule has 2 nitrogen and oxygen atoms in total. The molecule has 0 saturated carbocycles. The number of hydrogen-bond acceptors (Lipinski definition) is 2. The molecule has 2 aromatic rings. The monoisotopic (exact) mass is 255 g/mol. The molecular formula is C15H13NOS. The van der Waals surface area contributed by atoms with E-state index in [1.807, 2.05) is 47.4 Å². The zero-order valence-corrected chi connectivity index (χ0v) is 10.7. The van der Waals surface area contributed by atoms with Gasteiger partial charge in [0, 0.05) is 22.7 Å². The highest BCUT2D eigenvalue weighted by Crippen LogP contribution is 2.29. The Hall–Kier alpha value is -1.74. The number of carbonyl (C=O) groups is 1. The third kappa shape index (κ3) is 1.91. The average Bonchev–Trinajstić information content (AvgIpc) is 2.82. The normalized spacial score (nSPS) is 13.5. The van der Waals surface area contributed by atoms with Gasteiger partial charge in [-0.3, -0.25) is 4.79 Å². The summed E-state index contributed by atoms with van der Waals surface area (Å²) in [6.45, 7) is 0.759. The van der Waals surface area contributed by atoms with Gasteiger partial charge >= 0.3 is 0 Å². The molecule has 0 fully saturated rings. The highest BCUT2D eigenvalue weighted by atomic mass is 32.1. The minimum Gasteiger partial charge on any atom is -0.308 e. The molecular weight excluding hydrogens is 242 g/mol. The van der Waals surface area contributed by atoms with Crippen molar-refractivity contribution in [2.75, 3.05) is 11.4 Å². The van der Waals surface area contributed by atoms with E-state index in [-0.39, 0.29) is 5.91 Å². The second kappa shape index (κ2) is 4.50. The fourth-order valence-corrected chi connectivity index (χ4v) is 2.57. The molecule has 3 heteroatoms. The summed E-state index contributed by atoms with van der Waals surface area (Å²) in [6, 6.07) is 15.5. The number of amides is 1. The summed E-state index contributed by atoms with van der Waals surface area (Å²) < 4.78 is 0. The van der Waals surface area contributed by atoms with Gasteiger partial charge in [0.05, 0.1) is 0 Å². The zero-order chi connectivity index (χ0) is 12.5. The molecule has 1 aliphatic rings. The fraction of sp³-hybridized carbons (Fsp3) is 0.133. The first kappa shape index (κ1) is 11.4. The Balaban J connectivity index is 1.96. The molecule has 1 amide bonds. The molecule has 1 aliphatic heterocycles. The van der Waals surface area contributed by atoms with Gasteiger partial charge in [-0.15, -0.1) is 12.6 Å². The molecule has 0 spiro atoms. The molecule has 0 saturated heterocycles. The van der Waals surface area contributed by atoms with Gasteiger partial charge in [-0.1, -0.05) is 24.3 Å². The van der Waals surface area contributed by atoms with E-state index in [0.717, 1.165) is 23.5 Å². The molecule has 0 unspecified atom stereocenters. The summed E-state index contributed by atoms with van der Waals surface area (Å²) in [5, 5.41) is 0. The molecule has 0 atom stereocenters. The summed E-state index contributed by atoms with van der Waals surface area (Å²) in [7, 11) is 0. The highest BCUT2D eigenvalue weighted by molar-refractivity contribution is 7.80. The number of rotatable bonds is 1. The first-order chi connectivity index (χ1) is 8.75. The van der Waals surface area contributed by atoms with Crippen LogP contribution in [0.1, 0.15) is 15.9 Å². The van der Waals surface area contributed by atoms with Crippen molar-refractivity contribution in [2.24, 2.45) is 0 Å². The van der Waals surface area contributed by atoms with Crippen molar-refractivity contribution < 1.29 is 4.79 Å². The summed E-state index contributed by atoms with van der Waals surface area (Å²) in [5.41, 5.74) is 2.97. The maximum Gasteiger partial charge on any atom is 0.258 e. The van der Waals surface area contributed by atoms with Crippen LogP contribution in [0, 0.1) is 0 Å². The van der Waals surface area contributed by atoms with Crippen molar-refractivity contribution in [3.63, 3.8) is 0 Å². The molecule has 0 radical (unpaired) electrons. The Bertz CT molecular complexity index is 609. The summed E-state index contributed by atoms with van der Waals surface area (Å²) in [6.07, 6.45) is 0.933. The maximum atomic E-state index is 12.5. The minimum atomic E-state index is 0.0517. The van der Waals surface area contributed by atoms with Crippen LogP contribution in [0.3, 0.4) is 0 Å². The Morgan fingerprint density at radius 3 is 2.78 bits per heavy atom. The third-order valence-corrected chi connectivity index (χ3v) is 3.50. The van der Waals surface area contributed by atoms with Crippen LogP contribution in [0.2, 0.25) is 0 Å². The van der Waals surface area contributed by atoms with Crippen LogP contribution >= 0.6 is 12.6 Å². The molecule has 2 aromatic carbocycles. The molecule has 0 aromatic heterocycles. The topological polar surface area (TPSA) is 20.3 Å². The van der Waals surface area contributed by atoms with E-state index in [9.17, 15) is 4.79 Å². The maximum absolute atomic E-state index is 12.5. The predicted octanol–water partition coefficient (Wildman–Crippen LogP) is 3.18. The Morgan fingerprint density at radius 1 is 1.11 bits per heavy atom. The van der Waals surface area contributed by atoms with Crippen molar-refractivity contribution in [1.82, 2.24) is 0 Å². The van der Waals surface area contributed by atoms with Crippen LogP contribution in [-0.4, -0.2) is 12.5 Å². The van der Waals surface area contributed by atoms with E-state index in [4.69, 9.17) is 0 Å². The first-order valence-corrected chi connectivity index (χ1v) is 6.39. The third-order valence-electron chi connectivity index (χ3n) is 3.23. The summed E-state index contributed by atoms with van der Waals surface area (Å²) >= 11 is 4.28. The predicted molar refractivity (Wildman–Crippen MR) is 75.5 cm³/mol. The van der Waals surface area contributed by atoms with Gasteiger partial charge in [0.2, 0.25) is 0 Å². The lowest BCUT2D eigenvalue weighted by Gasteiger charge is -2.17. The van der Waals surface area contributed by atoms with Crippen LogP contribution in [-0.2, 0) is 6.42 Å². The van der Waals surface area contributed by atoms with Gasteiger partial charge in [0.15, 0.2) is 0 Å². The van der Waals surface area contributed by atoms with E-state index >= 15 is 0 Å². The first-order valence-electron chi connectivity index (χ1n) is 5.94. The van der Waals surface area contributed by atoms with E-state index < -0.39 is 0 Å². The van der Waals surface area contributed by atoms with Gasteiger partial charge < -0.3 is 4.90 Å². The zero-order valence-electron chi connectivity index (χ0n) is 9.84. The number of nitrogens with zero attached hydrogens (tertiary/aromatic N) is 1. The van der Waals surface area contributed by atoms with E-state index in [2.05, 4.69) is 18.7 Å². The van der Waals surface area contributed by atoms with Crippen LogP contribution in [0.4, 0.5) is 5.69 Å². The van der Waals surface area contributed by atoms with Gasteiger partial charge in [0.1, 0.15) is 0 Å².